The van der Waals surface area contributed by atoms with E-state index in [0.29, 0.717) is 28.4 Å². The smallest absolute Gasteiger partial charge is 0.204 e. The van der Waals surface area contributed by atoms with Gasteiger partial charge in [-0.15, -0.1) is 16.9 Å². The van der Waals surface area contributed by atoms with Crippen molar-refractivity contribution >= 4 is 34.4 Å². The number of nitrogen functional groups attached to an aromatic ring is 1. The van der Waals surface area contributed by atoms with Crippen LogP contribution in [-0.2, 0) is 5.75 Å². The number of pyridine rings is 1. The molecule has 4 rings (SSSR count). The van der Waals surface area contributed by atoms with Gasteiger partial charge in [0.1, 0.15) is 11.3 Å². The van der Waals surface area contributed by atoms with E-state index in [4.69, 9.17) is 12.3 Å². The van der Waals surface area contributed by atoms with Crippen molar-refractivity contribution in [1.29, 1.82) is 0 Å². The second kappa shape index (κ2) is 6.26. The van der Waals surface area contributed by atoms with Crippen molar-refractivity contribution in [3.63, 3.8) is 0 Å². The summed E-state index contributed by atoms with van der Waals surface area (Å²) < 4.78 is 1.90. The van der Waals surface area contributed by atoms with Gasteiger partial charge in [0.25, 0.3) is 0 Å². The van der Waals surface area contributed by atoms with Crippen LogP contribution in [0.3, 0.4) is 0 Å². The van der Waals surface area contributed by atoms with E-state index in [-0.39, 0.29) is 0 Å². The molecule has 0 aliphatic rings. The number of hydrogen-bond donors (Lipinski definition) is 2. The Morgan fingerprint density at radius 3 is 3.04 bits per heavy atom. The van der Waals surface area contributed by atoms with E-state index in [2.05, 4.69) is 30.2 Å². The van der Waals surface area contributed by atoms with Gasteiger partial charge in [0, 0.05) is 28.7 Å². The predicted molar refractivity (Wildman–Crippen MR) is 95.5 cm³/mol. The lowest BCUT2D eigenvalue weighted by atomic mass is 10.1. The molecular weight excluding hydrogens is 336 g/mol. The molecule has 0 spiro atoms. The molecule has 0 aliphatic heterocycles. The molecule has 0 aliphatic carbocycles. The fourth-order valence-electron chi connectivity index (χ4n) is 2.54. The Balaban J connectivity index is 1.73. The summed E-state index contributed by atoms with van der Waals surface area (Å²) in [6.07, 6.45) is 5.29. The summed E-state index contributed by atoms with van der Waals surface area (Å²) in [5.74, 6) is 0.967. The fraction of sp³-hybridized carbons (Fsp3) is 0.0625. The molecule has 0 saturated heterocycles. The number of benzene rings is 1. The number of rotatable bonds is 4. The van der Waals surface area contributed by atoms with E-state index < -0.39 is 0 Å². The highest BCUT2D eigenvalue weighted by atomic mass is 32.2. The van der Waals surface area contributed by atoms with E-state index >= 15 is 0 Å². The summed E-state index contributed by atoms with van der Waals surface area (Å²) in [4.78, 5) is 12.8. The summed E-state index contributed by atoms with van der Waals surface area (Å²) in [6, 6.07) is 7.43. The van der Waals surface area contributed by atoms with Gasteiger partial charge in [-0.05, 0) is 17.7 Å². The van der Waals surface area contributed by atoms with Gasteiger partial charge >= 0.3 is 0 Å². The maximum atomic E-state index is 7.46. The molecule has 3 aromatic heterocycles. The SMILES string of the molecule is [C-]#[N+]c1cccc(-n2ccnc2)c1CSc1cc(N)nc2n[nH]nc12. The molecule has 3 N–H and O–H groups in total. The van der Waals surface area contributed by atoms with Crippen LogP contribution >= 0.6 is 11.8 Å². The van der Waals surface area contributed by atoms with Crippen molar-refractivity contribution in [2.45, 2.75) is 10.6 Å². The summed E-state index contributed by atoms with van der Waals surface area (Å²) >= 11 is 1.54. The van der Waals surface area contributed by atoms with Gasteiger partial charge in [-0.3, -0.25) is 0 Å². The Morgan fingerprint density at radius 1 is 1.32 bits per heavy atom. The van der Waals surface area contributed by atoms with Gasteiger partial charge in [0.05, 0.1) is 12.9 Å². The number of anilines is 1. The van der Waals surface area contributed by atoms with Crippen LogP contribution in [0.15, 0.2) is 47.9 Å². The number of imidazole rings is 1. The zero-order valence-corrected chi connectivity index (χ0v) is 13.7. The maximum Gasteiger partial charge on any atom is 0.204 e. The van der Waals surface area contributed by atoms with Gasteiger partial charge in [-0.25, -0.2) is 14.8 Å². The van der Waals surface area contributed by atoms with Gasteiger partial charge in [0.2, 0.25) is 5.65 Å². The summed E-state index contributed by atoms with van der Waals surface area (Å²) in [6.45, 7) is 7.46. The van der Waals surface area contributed by atoms with Gasteiger partial charge in [-0.2, -0.15) is 10.3 Å². The first kappa shape index (κ1) is 15.2. The third-order valence-electron chi connectivity index (χ3n) is 3.68. The lowest BCUT2D eigenvalue weighted by Gasteiger charge is -2.12. The Bertz CT molecular complexity index is 1080. The predicted octanol–water partition coefficient (Wildman–Crippen LogP) is 2.96. The number of hydrogen-bond acceptors (Lipinski definition) is 6. The van der Waals surface area contributed by atoms with Crippen LogP contribution in [0.5, 0.6) is 0 Å². The zero-order chi connectivity index (χ0) is 17.2. The highest BCUT2D eigenvalue weighted by Crippen LogP contribution is 2.35. The number of nitrogens with zero attached hydrogens (tertiary/aromatic N) is 6. The van der Waals surface area contributed by atoms with Crippen LogP contribution in [0.1, 0.15) is 5.56 Å². The quantitative estimate of drug-likeness (QED) is 0.434. The third-order valence-corrected chi connectivity index (χ3v) is 4.73. The second-order valence-corrected chi connectivity index (χ2v) is 6.20. The normalized spacial score (nSPS) is 10.8. The van der Waals surface area contributed by atoms with Gasteiger partial charge < -0.3 is 10.3 Å². The fourth-order valence-corrected chi connectivity index (χ4v) is 3.62. The number of thioether (sulfide) groups is 1. The van der Waals surface area contributed by atoms with Crippen molar-refractivity contribution in [1.82, 2.24) is 29.9 Å². The molecule has 4 aromatic rings. The van der Waals surface area contributed by atoms with E-state index in [9.17, 15) is 0 Å². The molecule has 0 saturated carbocycles. The van der Waals surface area contributed by atoms with Gasteiger partial charge in [0.15, 0.2) is 5.69 Å². The van der Waals surface area contributed by atoms with Crippen molar-refractivity contribution in [3.8, 4) is 5.69 Å². The molecular formula is C16H12N8S. The van der Waals surface area contributed by atoms with E-state index in [1.54, 1.807) is 30.4 Å². The first-order valence-electron chi connectivity index (χ1n) is 7.33. The van der Waals surface area contributed by atoms with Crippen LogP contribution in [0, 0.1) is 6.57 Å². The minimum Gasteiger partial charge on any atom is -0.384 e. The highest BCUT2D eigenvalue weighted by Gasteiger charge is 2.14. The van der Waals surface area contributed by atoms with Crippen LogP contribution in [0.2, 0.25) is 0 Å². The summed E-state index contributed by atoms with van der Waals surface area (Å²) in [7, 11) is 0. The first-order valence-corrected chi connectivity index (χ1v) is 8.32. The number of H-pyrrole nitrogens is 1. The Hall–Kier alpha value is -3.38. The molecule has 8 nitrogen and oxygen atoms in total. The minimum atomic E-state index is 0.386. The number of aromatic amines is 1. The van der Waals surface area contributed by atoms with Crippen molar-refractivity contribution in [2.24, 2.45) is 0 Å². The molecule has 0 bridgehead atoms. The van der Waals surface area contributed by atoms with Crippen LogP contribution in [0.25, 0.3) is 21.7 Å². The van der Waals surface area contributed by atoms with Crippen LogP contribution < -0.4 is 5.73 Å². The molecule has 0 fully saturated rings. The highest BCUT2D eigenvalue weighted by molar-refractivity contribution is 7.98. The topological polar surface area (TPSA) is 103 Å². The monoisotopic (exact) mass is 348 g/mol. The molecule has 9 heteroatoms. The summed E-state index contributed by atoms with van der Waals surface area (Å²) in [5.41, 5.74) is 9.46. The Morgan fingerprint density at radius 2 is 2.24 bits per heavy atom. The number of nitrogens with two attached hydrogens (primary N) is 1. The number of fused-ring (bicyclic) bond motifs is 1. The largest absolute Gasteiger partial charge is 0.384 e. The minimum absolute atomic E-state index is 0.386. The molecule has 0 atom stereocenters. The van der Waals surface area contributed by atoms with Crippen molar-refractivity contribution in [2.75, 3.05) is 5.73 Å². The van der Waals surface area contributed by atoms with E-state index in [0.717, 1.165) is 16.1 Å². The lowest BCUT2D eigenvalue weighted by Crippen LogP contribution is -1.97. The third kappa shape index (κ3) is 2.79. The second-order valence-electron chi connectivity index (χ2n) is 5.19. The molecule has 1 aromatic carbocycles. The Kier molecular flexibility index (Phi) is 3.80. The average Bonchev–Trinajstić information content (AvgIpc) is 3.30. The van der Waals surface area contributed by atoms with Crippen molar-refractivity contribution in [3.05, 3.63) is 60.0 Å². The average molecular weight is 348 g/mol. The molecule has 3 heterocycles. The van der Waals surface area contributed by atoms with Crippen molar-refractivity contribution < 1.29 is 0 Å². The lowest BCUT2D eigenvalue weighted by molar-refractivity contribution is 0.953. The van der Waals surface area contributed by atoms with Crippen LogP contribution in [-0.4, -0.2) is 29.9 Å². The van der Waals surface area contributed by atoms with Crippen LogP contribution in [0.4, 0.5) is 11.5 Å². The van der Waals surface area contributed by atoms with Gasteiger partial charge in [-0.1, -0.05) is 12.1 Å². The Labute approximate surface area is 146 Å². The molecule has 122 valence electrons. The molecule has 0 unspecified atom stereocenters. The number of nitrogens with one attached hydrogen (secondary N) is 1. The first-order chi connectivity index (χ1) is 12.3. The summed E-state index contributed by atoms with van der Waals surface area (Å²) in [5, 5.41) is 10.7. The standard InChI is InChI=1S/C16H12N8S/c1-18-11-3-2-4-12(24-6-5-19-9-24)10(11)8-25-13-7-14(17)20-16-15(13)21-23-22-16/h2-7,9H,8H2,(H3,17,20,21,22,23). The molecule has 25 heavy (non-hydrogen) atoms. The molecule has 0 amide bonds. The number of aromatic nitrogens is 6. The van der Waals surface area contributed by atoms with E-state index in [1.807, 2.05) is 29.0 Å². The van der Waals surface area contributed by atoms with E-state index in [1.165, 1.54) is 0 Å². The molecule has 0 radical (unpaired) electrons. The zero-order valence-electron chi connectivity index (χ0n) is 12.9. The maximum absolute atomic E-state index is 7.46.